The summed E-state index contributed by atoms with van der Waals surface area (Å²) in [6, 6.07) is 10.00. The van der Waals surface area contributed by atoms with Crippen molar-refractivity contribution in [3.63, 3.8) is 0 Å². The predicted octanol–water partition coefficient (Wildman–Crippen LogP) is 3.29. The van der Waals surface area contributed by atoms with Gasteiger partial charge in [0.25, 0.3) is 5.91 Å². The Hall–Kier alpha value is -3.19. The minimum Gasteiger partial charge on any atom is -0.508 e. The third-order valence-electron chi connectivity index (χ3n) is 4.64. The number of ether oxygens (including phenoxy) is 1. The molecule has 0 atom stereocenters. The van der Waals surface area contributed by atoms with Crippen molar-refractivity contribution < 1.29 is 19.4 Å². The van der Waals surface area contributed by atoms with E-state index in [9.17, 15) is 14.7 Å². The zero-order chi connectivity index (χ0) is 20.1. The lowest BCUT2D eigenvalue weighted by molar-refractivity contribution is -0.116. The first-order chi connectivity index (χ1) is 13.5. The van der Waals surface area contributed by atoms with E-state index in [0.717, 1.165) is 17.7 Å². The van der Waals surface area contributed by atoms with Gasteiger partial charge in [0.1, 0.15) is 5.75 Å². The van der Waals surface area contributed by atoms with Crippen LogP contribution in [0.4, 0.5) is 17.1 Å². The Labute approximate surface area is 163 Å². The Bertz CT molecular complexity index is 911. The number of anilines is 2. The maximum absolute atomic E-state index is 13.1. The second-order valence-corrected chi connectivity index (χ2v) is 6.55. The molecular formula is C21H23N3O4. The number of carbonyl (C=O) groups excluding carboxylic acids is 2. The van der Waals surface area contributed by atoms with Crippen LogP contribution in [-0.4, -0.2) is 43.9 Å². The highest BCUT2D eigenvalue weighted by molar-refractivity contribution is 6.10. The zero-order valence-electron chi connectivity index (χ0n) is 15.8. The second kappa shape index (κ2) is 8.67. The third-order valence-corrected chi connectivity index (χ3v) is 4.64. The first-order valence-corrected chi connectivity index (χ1v) is 9.07. The van der Waals surface area contributed by atoms with Crippen LogP contribution in [0.5, 0.6) is 5.75 Å². The van der Waals surface area contributed by atoms with Crippen molar-refractivity contribution in [1.29, 1.82) is 0 Å². The van der Waals surface area contributed by atoms with E-state index < -0.39 is 0 Å². The van der Waals surface area contributed by atoms with Crippen molar-refractivity contribution in [3.05, 3.63) is 47.5 Å². The Kier molecular flexibility index (Phi) is 6.06. The van der Waals surface area contributed by atoms with Gasteiger partial charge in [-0.25, -0.2) is 0 Å². The molecule has 3 rings (SSSR count). The molecule has 0 aliphatic carbocycles. The molecule has 1 aliphatic heterocycles. The van der Waals surface area contributed by atoms with E-state index in [-0.39, 0.29) is 17.6 Å². The van der Waals surface area contributed by atoms with E-state index in [1.807, 2.05) is 18.2 Å². The van der Waals surface area contributed by atoms with E-state index in [1.165, 1.54) is 12.1 Å². The van der Waals surface area contributed by atoms with E-state index in [4.69, 9.17) is 4.74 Å². The highest BCUT2D eigenvalue weighted by Gasteiger charge is 2.27. The molecule has 2 aromatic carbocycles. The molecule has 0 saturated carbocycles. The van der Waals surface area contributed by atoms with Crippen molar-refractivity contribution >= 4 is 35.6 Å². The number of fused-ring (bicyclic) bond motifs is 1. The van der Waals surface area contributed by atoms with Gasteiger partial charge >= 0.3 is 0 Å². The van der Waals surface area contributed by atoms with Crippen molar-refractivity contribution in [2.24, 2.45) is 4.99 Å². The normalized spacial score (nSPS) is 12.5. The fraction of sp³-hybridized carbons (Fsp3) is 0.286. The molecule has 0 saturated heterocycles. The average molecular weight is 381 g/mol. The van der Waals surface area contributed by atoms with Gasteiger partial charge in [-0.15, -0.1) is 0 Å². The standard InChI is InChI=1S/C21H23N3O4/c1-22-18-13-16(25)7-8-17(18)21(27)24-10-9-14-5-6-15(12-19(14)24)23-20(26)4-3-11-28-2/h5-8,12-13,25H,1,3-4,9-11H2,2H3,(H,23,26). The van der Waals surface area contributed by atoms with Crippen LogP contribution in [0.1, 0.15) is 28.8 Å². The summed E-state index contributed by atoms with van der Waals surface area (Å²) in [7, 11) is 1.60. The van der Waals surface area contributed by atoms with Crippen LogP contribution in [0, 0.1) is 0 Å². The summed E-state index contributed by atoms with van der Waals surface area (Å²) in [5.41, 5.74) is 3.16. The smallest absolute Gasteiger partial charge is 0.260 e. The van der Waals surface area contributed by atoms with Gasteiger partial charge in [-0.3, -0.25) is 14.6 Å². The Morgan fingerprint density at radius 1 is 1.29 bits per heavy atom. The number of benzene rings is 2. The van der Waals surface area contributed by atoms with Gasteiger partial charge in [-0.05, 0) is 49.4 Å². The number of aliphatic imine (C=N–C) groups is 1. The summed E-state index contributed by atoms with van der Waals surface area (Å²) in [4.78, 5) is 30.6. The minimum absolute atomic E-state index is 0.0271. The number of amides is 2. The third kappa shape index (κ3) is 4.20. The molecule has 146 valence electrons. The molecule has 0 unspecified atom stereocenters. The molecule has 7 heteroatoms. The van der Waals surface area contributed by atoms with Gasteiger partial charge in [0.05, 0.1) is 11.3 Å². The molecular weight excluding hydrogens is 358 g/mol. The molecule has 0 bridgehead atoms. The highest BCUT2D eigenvalue weighted by atomic mass is 16.5. The van der Waals surface area contributed by atoms with Gasteiger partial charge in [-0.1, -0.05) is 6.07 Å². The Balaban J connectivity index is 1.80. The lowest BCUT2D eigenvalue weighted by Crippen LogP contribution is -2.29. The number of aromatic hydroxyl groups is 1. The monoisotopic (exact) mass is 381 g/mol. The van der Waals surface area contributed by atoms with Gasteiger partial charge < -0.3 is 20.1 Å². The van der Waals surface area contributed by atoms with Crippen LogP contribution in [0.3, 0.4) is 0 Å². The molecule has 1 heterocycles. The van der Waals surface area contributed by atoms with E-state index in [2.05, 4.69) is 17.0 Å². The molecule has 1 aliphatic rings. The summed E-state index contributed by atoms with van der Waals surface area (Å²) < 4.78 is 4.96. The fourth-order valence-electron chi connectivity index (χ4n) is 3.25. The van der Waals surface area contributed by atoms with Gasteiger partial charge in [-0.2, -0.15) is 0 Å². The number of phenolic OH excluding ortho intramolecular Hbond substituents is 1. The number of hydrogen-bond acceptors (Lipinski definition) is 5. The molecule has 2 amide bonds. The van der Waals surface area contributed by atoms with Crippen molar-refractivity contribution in [3.8, 4) is 5.75 Å². The van der Waals surface area contributed by atoms with E-state index >= 15 is 0 Å². The number of rotatable bonds is 7. The second-order valence-electron chi connectivity index (χ2n) is 6.55. The fourth-order valence-corrected chi connectivity index (χ4v) is 3.25. The highest BCUT2D eigenvalue weighted by Crippen LogP contribution is 2.34. The summed E-state index contributed by atoms with van der Waals surface area (Å²) in [5.74, 6) is -0.284. The molecule has 2 aromatic rings. The lowest BCUT2D eigenvalue weighted by atomic mass is 10.1. The van der Waals surface area contributed by atoms with Crippen LogP contribution >= 0.6 is 0 Å². The van der Waals surface area contributed by atoms with Crippen molar-refractivity contribution in [1.82, 2.24) is 0 Å². The van der Waals surface area contributed by atoms with Gasteiger partial charge in [0, 0.05) is 44.1 Å². The van der Waals surface area contributed by atoms with Crippen LogP contribution in [0.15, 0.2) is 41.4 Å². The number of carbonyl (C=O) groups is 2. The topological polar surface area (TPSA) is 91.2 Å². The minimum atomic E-state index is -0.218. The number of phenols is 1. The van der Waals surface area contributed by atoms with Crippen molar-refractivity contribution in [2.75, 3.05) is 30.5 Å². The van der Waals surface area contributed by atoms with Crippen LogP contribution in [0.25, 0.3) is 0 Å². The first kappa shape index (κ1) is 19.6. The van der Waals surface area contributed by atoms with Crippen molar-refractivity contribution in [2.45, 2.75) is 19.3 Å². The van der Waals surface area contributed by atoms with Crippen LogP contribution < -0.4 is 10.2 Å². The lowest BCUT2D eigenvalue weighted by Gasteiger charge is -2.19. The maximum Gasteiger partial charge on any atom is 0.260 e. The zero-order valence-corrected chi connectivity index (χ0v) is 15.8. The Morgan fingerprint density at radius 2 is 2.11 bits per heavy atom. The largest absolute Gasteiger partial charge is 0.508 e. The molecule has 0 radical (unpaired) electrons. The number of nitrogens with zero attached hydrogens (tertiary/aromatic N) is 2. The summed E-state index contributed by atoms with van der Waals surface area (Å²) >= 11 is 0. The molecule has 0 spiro atoms. The molecule has 7 nitrogen and oxygen atoms in total. The molecule has 2 N–H and O–H groups in total. The van der Waals surface area contributed by atoms with E-state index in [1.54, 1.807) is 18.1 Å². The quantitative estimate of drug-likeness (QED) is 0.569. The summed E-state index contributed by atoms with van der Waals surface area (Å²) in [6.45, 7) is 4.55. The average Bonchev–Trinajstić information content (AvgIpc) is 3.10. The van der Waals surface area contributed by atoms with Gasteiger partial charge in [0.2, 0.25) is 5.91 Å². The predicted molar refractivity (Wildman–Crippen MR) is 109 cm³/mol. The van der Waals surface area contributed by atoms with Crippen LogP contribution in [0.2, 0.25) is 0 Å². The summed E-state index contributed by atoms with van der Waals surface area (Å²) in [5, 5.41) is 12.5. The van der Waals surface area contributed by atoms with Gasteiger partial charge in [0.15, 0.2) is 0 Å². The maximum atomic E-state index is 13.1. The summed E-state index contributed by atoms with van der Waals surface area (Å²) in [6.07, 6.45) is 1.75. The number of hydrogen-bond donors (Lipinski definition) is 2. The molecule has 0 fully saturated rings. The number of nitrogens with one attached hydrogen (secondary N) is 1. The van der Waals surface area contributed by atoms with E-state index in [0.29, 0.717) is 42.9 Å². The number of methoxy groups -OCH3 is 1. The van der Waals surface area contributed by atoms with Crippen LogP contribution in [-0.2, 0) is 16.0 Å². The SMILES string of the molecule is C=Nc1cc(O)ccc1C(=O)N1CCc2ccc(NC(=O)CCCOC)cc21. The molecule has 28 heavy (non-hydrogen) atoms. The first-order valence-electron chi connectivity index (χ1n) is 9.07. The Morgan fingerprint density at radius 3 is 2.86 bits per heavy atom. The molecule has 0 aromatic heterocycles.